The smallest absolute Gasteiger partial charge is 0.267 e. The zero-order valence-corrected chi connectivity index (χ0v) is 26.1. The number of benzene rings is 1. The van der Waals surface area contributed by atoms with E-state index >= 15 is 0 Å². The van der Waals surface area contributed by atoms with Gasteiger partial charge in [0.05, 0.1) is 5.25 Å². The molecule has 0 unspecified atom stereocenters. The molecule has 1 saturated carbocycles. The van der Waals surface area contributed by atoms with E-state index in [2.05, 4.69) is 16.0 Å². The number of phenols is 1. The van der Waals surface area contributed by atoms with E-state index < -0.39 is 57.3 Å². The van der Waals surface area contributed by atoms with Crippen molar-refractivity contribution in [1.29, 1.82) is 5.41 Å². The molecule has 246 valence electrons. The van der Waals surface area contributed by atoms with Gasteiger partial charge in [-0.15, -0.1) is 0 Å². The molecule has 1 aromatic rings. The standard InChI is InChI=1S/C29H46N6O8S/c1-3-17(2)25(34-27(39)24(37)14-18-6-9-20(36)10-7-18)28(40)35-22-16-21(44(41,42)43)11-8-19(22)15-23(35)26(38)32-12-4-5-13-33-29(30)31/h6-7,9-10,17,19,21-25,36-37H,3-5,8,11-16H2,1-2H3,(H,32,38)(H,34,39)(H4,30,31,33)(H,41,42,43)/t17-,19-,21+,22-,23-,24+,25+/m0/s1. The number of nitrogens with two attached hydrogens (primary N) is 1. The number of aliphatic hydroxyl groups is 1. The highest BCUT2D eigenvalue weighted by Gasteiger charge is 2.52. The van der Waals surface area contributed by atoms with Crippen LogP contribution >= 0.6 is 0 Å². The molecule has 44 heavy (non-hydrogen) atoms. The summed E-state index contributed by atoms with van der Waals surface area (Å²) in [5, 5.41) is 34.5. The molecule has 9 N–H and O–H groups in total. The van der Waals surface area contributed by atoms with Crippen LogP contribution in [0.4, 0.5) is 0 Å². The summed E-state index contributed by atoms with van der Waals surface area (Å²) in [6, 6.07) is 3.39. The lowest BCUT2D eigenvalue weighted by Crippen LogP contribution is -2.59. The fourth-order valence-corrected chi connectivity index (χ4v) is 6.96. The Hall–Kier alpha value is -3.43. The van der Waals surface area contributed by atoms with Crippen LogP contribution < -0.4 is 21.7 Å². The van der Waals surface area contributed by atoms with Crippen LogP contribution in [-0.4, -0.2) is 94.3 Å². The van der Waals surface area contributed by atoms with E-state index in [0.29, 0.717) is 50.8 Å². The lowest BCUT2D eigenvalue weighted by molar-refractivity contribution is -0.146. The third-order valence-electron chi connectivity index (χ3n) is 8.77. The second-order valence-corrected chi connectivity index (χ2v) is 13.6. The van der Waals surface area contributed by atoms with Crippen LogP contribution in [0.3, 0.4) is 0 Å². The summed E-state index contributed by atoms with van der Waals surface area (Å²) in [6.45, 7) is 4.40. The third-order valence-corrected chi connectivity index (χ3v) is 10.0. The molecule has 0 bridgehead atoms. The van der Waals surface area contributed by atoms with Crippen LogP contribution in [-0.2, 0) is 30.9 Å². The first-order valence-electron chi connectivity index (χ1n) is 15.1. The number of hydrogen-bond acceptors (Lipinski definition) is 8. The van der Waals surface area contributed by atoms with E-state index in [1.807, 2.05) is 6.92 Å². The van der Waals surface area contributed by atoms with Crippen molar-refractivity contribution in [3.63, 3.8) is 0 Å². The van der Waals surface area contributed by atoms with Gasteiger partial charge in [0.2, 0.25) is 17.7 Å². The quantitative estimate of drug-likeness (QED) is 0.0598. The van der Waals surface area contributed by atoms with Gasteiger partial charge in [0.15, 0.2) is 5.96 Å². The van der Waals surface area contributed by atoms with Crippen LogP contribution in [0.25, 0.3) is 0 Å². The largest absolute Gasteiger partial charge is 0.508 e. The Kier molecular flexibility index (Phi) is 12.4. The van der Waals surface area contributed by atoms with Crippen molar-refractivity contribution in [2.45, 2.75) is 94.7 Å². The molecule has 0 aromatic heterocycles. The first kappa shape index (κ1) is 35.1. The molecule has 1 saturated heterocycles. The second kappa shape index (κ2) is 15.5. The van der Waals surface area contributed by atoms with Gasteiger partial charge in [-0.3, -0.25) is 24.3 Å². The summed E-state index contributed by atoms with van der Waals surface area (Å²) >= 11 is 0. The zero-order chi connectivity index (χ0) is 32.6. The highest BCUT2D eigenvalue weighted by atomic mass is 32.2. The molecule has 1 aromatic carbocycles. The molecule has 7 atom stereocenters. The van der Waals surface area contributed by atoms with Gasteiger partial charge in [0.25, 0.3) is 10.1 Å². The Labute approximate surface area is 258 Å². The van der Waals surface area contributed by atoms with Gasteiger partial charge >= 0.3 is 0 Å². The SMILES string of the molecule is CC[C@H](C)[C@@H](NC(=O)[C@H](O)Cc1ccc(O)cc1)C(=O)N1[C@H](C(=O)NCCCCNC(=N)N)C[C@@H]2CC[C@@H](S(=O)(=O)O)C[C@@H]21. The van der Waals surface area contributed by atoms with Crippen LogP contribution in [0.5, 0.6) is 5.75 Å². The molecule has 2 fully saturated rings. The maximum absolute atomic E-state index is 14.3. The number of amides is 3. The molecule has 14 nitrogen and oxygen atoms in total. The van der Waals surface area contributed by atoms with E-state index in [9.17, 15) is 37.6 Å². The highest BCUT2D eigenvalue weighted by molar-refractivity contribution is 7.86. The second-order valence-electron chi connectivity index (χ2n) is 11.9. The van der Waals surface area contributed by atoms with Gasteiger partial charge in [-0.2, -0.15) is 8.42 Å². The molecule has 3 rings (SSSR count). The molecule has 1 aliphatic heterocycles. The minimum Gasteiger partial charge on any atom is -0.508 e. The van der Waals surface area contributed by atoms with Gasteiger partial charge in [0, 0.05) is 25.6 Å². The molecule has 0 radical (unpaired) electrons. The summed E-state index contributed by atoms with van der Waals surface area (Å²) in [5.74, 6) is -2.36. The number of fused-ring (bicyclic) bond motifs is 1. The number of carbonyl (C=O) groups excluding carboxylic acids is 3. The lowest BCUT2D eigenvalue weighted by atomic mass is 9.84. The first-order valence-corrected chi connectivity index (χ1v) is 16.6. The van der Waals surface area contributed by atoms with Gasteiger partial charge in [-0.1, -0.05) is 32.4 Å². The lowest BCUT2D eigenvalue weighted by Gasteiger charge is -2.39. The van der Waals surface area contributed by atoms with E-state index in [1.54, 1.807) is 19.1 Å². The fraction of sp³-hybridized carbons (Fsp3) is 0.655. The van der Waals surface area contributed by atoms with Crippen molar-refractivity contribution in [2.24, 2.45) is 17.6 Å². The number of rotatable bonds is 14. The molecule has 3 amide bonds. The van der Waals surface area contributed by atoms with Crippen molar-refractivity contribution in [1.82, 2.24) is 20.9 Å². The van der Waals surface area contributed by atoms with Crippen molar-refractivity contribution in [3.05, 3.63) is 29.8 Å². The topological polar surface area (TPSA) is 235 Å². The van der Waals surface area contributed by atoms with E-state index in [1.165, 1.54) is 17.0 Å². The number of unbranched alkanes of at least 4 members (excludes halogenated alkanes) is 1. The van der Waals surface area contributed by atoms with Crippen LogP contribution in [0.1, 0.15) is 64.4 Å². The number of phenolic OH excluding ortho intramolecular Hbond substituents is 1. The molecular weight excluding hydrogens is 592 g/mol. The number of nitrogens with zero attached hydrogens (tertiary/aromatic N) is 1. The number of aromatic hydroxyl groups is 1. The summed E-state index contributed by atoms with van der Waals surface area (Å²) in [5.41, 5.74) is 5.88. The average molecular weight is 639 g/mol. The fourth-order valence-electron chi connectivity index (χ4n) is 6.08. The molecule has 0 spiro atoms. The summed E-state index contributed by atoms with van der Waals surface area (Å²) in [4.78, 5) is 42.2. The summed E-state index contributed by atoms with van der Waals surface area (Å²) in [7, 11) is -4.37. The third kappa shape index (κ3) is 9.29. The average Bonchev–Trinajstić information content (AvgIpc) is 3.36. The van der Waals surface area contributed by atoms with Crippen LogP contribution in [0.15, 0.2) is 24.3 Å². The summed E-state index contributed by atoms with van der Waals surface area (Å²) < 4.78 is 33.9. The van der Waals surface area contributed by atoms with Gasteiger partial charge in [-0.25, -0.2) is 0 Å². The van der Waals surface area contributed by atoms with Crippen molar-refractivity contribution in [3.8, 4) is 5.75 Å². The number of carbonyl (C=O) groups is 3. The molecule has 1 heterocycles. The highest BCUT2D eigenvalue weighted by Crippen LogP contribution is 2.42. The predicted molar refractivity (Wildman–Crippen MR) is 163 cm³/mol. The van der Waals surface area contributed by atoms with Crippen molar-refractivity contribution in [2.75, 3.05) is 13.1 Å². The van der Waals surface area contributed by atoms with E-state index in [0.717, 1.165) is 0 Å². The van der Waals surface area contributed by atoms with Crippen molar-refractivity contribution < 1.29 is 37.6 Å². The minimum atomic E-state index is -4.37. The molecule has 2 aliphatic rings. The normalized spacial score (nSPS) is 23.6. The molecule has 1 aliphatic carbocycles. The zero-order valence-electron chi connectivity index (χ0n) is 25.2. The van der Waals surface area contributed by atoms with Crippen LogP contribution in [0, 0.1) is 17.2 Å². The van der Waals surface area contributed by atoms with Crippen molar-refractivity contribution >= 4 is 33.8 Å². The van der Waals surface area contributed by atoms with E-state index in [-0.39, 0.29) is 42.8 Å². The molecule has 15 heteroatoms. The van der Waals surface area contributed by atoms with Gasteiger partial charge in [0.1, 0.15) is 23.9 Å². The number of hydrogen-bond donors (Lipinski definition) is 8. The number of aliphatic hydroxyl groups excluding tert-OH is 1. The Morgan fingerprint density at radius 3 is 2.32 bits per heavy atom. The van der Waals surface area contributed by atoms with Gasteiger partial charge in [-0.05, 0) is 68.1 Å². The van der Waals surface area contributed by atoms with Gasteiger partial charge < -0.3 is 36.8 Å². The van der Waals surface area contributed by atoms with Crippen LogP contribution in [0.2, 0.25) is 0 Å². The predicted octanol–water partition coefficient (Wildman–Crippen LogP) is 0.232. The Morgan fingerprint density at radius 1 is 1.09 bits per heavy atom. The number of nitrogens with one attached hydrogen (secondary N) is 4. The minimum absolute atomic E-state index is 0.0274. The first-order chi connectivity index (χ1) is 20.7. The Bertz CT molecular complexity index is 1280. The summed E-state index contributed by atoms with van der Waals surface area (Å²) in [6.07, 6.45) is 1.10. The van der Waals surface area contributed by atoms with E-state index in [4.69, 9.17) is 11.1 Å². The molecular formula is C29H46N6O8S. The number of guanidine groups is 1. The monoisotopic (exact) mass is 638 g/mol. The Balaban J connectivity index is 1.80. The maximum Gasteiger partial charge on any atom is 0.267 e. The maximum atomic E-state index is 14.3. The number of likely N-dealkylation sites (tertiary alicyclic amines) is 1. The Morgan fingerprint density at radius 2 is 1.73 bits per heavy atom.